The lowest BCUT2D eigenvalue weighted by Crippen LogP contribution is -2.57. The van der Waals surface area contributed by atoms with Crippen LogP contribution in [0.15, 0.2) is 36.7 Å². The smallest absolute Gasteiger partial charge is 0.407 e. The first-order valence-corrected chi connectivity index (χ1v) is 11.0. The molecular formula is C22H23ClN6O3. The van der Waals surface area contributed by atoms with Crippen molar-refractivity contribution in [3.8, 4) is 11.3 Å². The zero-order valence-electron chi connectivity index (χ0n) is 17.3. The Balaban J connectivity index is 1.22. The van der Waals surface area contributed by atoms with Gasteiger partial charge in [-0.3, -0.25) is 4.79 Å². The summed E-state index contributed by atoms with van der Waals surface area (Å²) < 4.78 is 0. The third kappa shape index (κ3) is 3.84. The molecule has 2 fully saturated rings. The van der Waals surface area contributed by atoms with Crippen molar-refractivity contribution >= 4 is 40.5 Å². The summed E-state index contributed by atoms with van der Waals surface area (Å²) in [4.78, 5) is 38.8. The predicted octanol–water partition coefficient (Wildman–Crippen LogP) is 3.29. The molecule has 1 aromatic carbocycles. The molecule has 0 unspecified atom stereocenters. The van der Waals surface area contributed by atoms with Crippen LogP contribution < -0.4 is 5.32 Å². The van der Waals surface area contributed by atoms with Gasteiger partial charge in [-0.05, 0) is 18.9 Å². The summed E-state index contributed by atoms with van der Waals surface area (Å²) in [7, 11) is 0. The van der Waals surface area contributed by atoms with Crippen molar-refractivity contribution in [2.24, 2.45) is 5.92 Å². The minimum absolute atomic E-state index is 0.0466. The molecule has 2 saturated heterocycles. The zero-order chi connectivity index (χ0) is 22.2. The SMILES string of the molecule is O=C(O)N1CC(C(=O)N2CCC(Nc3ncc(Cl)c(-c4c[nH]c5ccccc45)n3)CC2)C1. The van der Waals surface area contributed by atoms with E-state index >= 15 is 0 Å². The van der Waals surface area contributed by atoms with E-state index in [9.17, 15) is 9.59 Å². The van der Waals surface area contributed by atoms with Crippen LogP contribution in [0.3, 0.4) is 0 Å². The summed E-state index contributed by atoms with van der Waals surface area (Å²) >= 11 is 6.41. The molecule has 2 aromatic heterocycles. The standard InChI is InChI=1S/C22H23ClN6O3/c23-17-10-25-21(27-19(17)16-9-24-18-4-2-1-3-15(16)18)26-14-5-7-28(8-6-14)20(30)13-11-29(12-13)22(31)32/h1-4,9-10,13-14,24H,5-8,11-12H2,(H,31,32)(H,25,26,27). The number of fused-ring (bicyclic) bond motifs is 1. The molecule has 4 heterocycles. The first-order chi connectivity index (χ1) is 15.5. The van der Waals surface area contributed by atoms with Gasteiger partial charge in [0.15, 0.2) is 0 Å². The Kier molecular flexibility index (Phi) is 5.34. The Morgan fingerprint density at radius 2 is 1.91 bits per heavy atom. The van der Waals surface area contributed by atoms with Crippen molar-refractivity contribution < 1.29 is 14.7 Å². The van der Waals surface area contributed by atoms with E-state index in [1.54, 1.807) is 6.20 Å². The van der Waals surface area contributed by atoms with Crippen LogP contribution in [0.1, 0.15) is 12.8 Å². The van der Waals surface area contributed by atoms with Gasteiger partial charge in [-0.25, -0.2) is 14.8 Å². The lowest BCUT2D eigenvalue weighted by atomic mass is 9.96. The zero-order valence-corrected chi connectivity index (χ0v) is 18.0. The normalized spacial score (nSPS) is 17.4. The summed E-state index contributed by atoms with van der Waals surface area (Å²) in [5.74, 6) is 0.342. The second-order valence-corrected chi connectivity index (χ2v) is 8.67. The van der Waals surface area contributed by atoms with E-state index in [0.717, 1.165) is 29.3 Å². The van der Waals surface area contributed by atoms with Crippen LogP contribution in [0.4, 0.5) is 10.7 Å². The third-order valence-electron chi connectivity index (χ3n) is 6.23. The van der Waals surface area contributed by atoms with Gasteiger partial charge in [-0.1, -0.05) is 29.8 Å². The summed E-state index contributed by atoms with van der Waals surface area (Å²) in [6.45, 7) is 1.84. The van der Waals surface area contributed by atoms with Crippen molar-refractivity contribution in [2.75, 3.05) is 31.5 Å². The summed E-state index contributed by atoms with van der Waals surface area (Å²) in [5, 5.41) is 13.8. The number of halogens is 1. The largest absolute Gasteiger partial charge is 0.465 e. The molecule has 3 N–H and O–H groups in total. The van der Waals surface area contributed by atoms with E-state index in [4.69, 9.17) is 16.7 Å². The Morgan fingerprint density at radius 3 is 2.66 bits per heavy atom. The van der Waals surface area contributed by atoms with Gasteiger partial charge in [0.2, 0.25) is 11.9 Å². The number of carboxylic acid groups (broad SMARTS) is 1. The number of aromatic nitrogens is 3. The van der Waals surface area contributed by atoms with Gasteiger partial charge in [0.05, 0.1) is 22.8 Å². The quantitative estimate of drug-likeness (QED) is 0.557. The number of H-pyrrole nitrogens is 1. The fraction of sp³-hybridized carbons (Fsp3) is 0.364. The number of hydrogen-bond acceptors (Lipinski definition) is 5. The Morgan fingerprint density at radius 1 is 1.16 bits per heavy atom. The Labute approximate surface area is 189 Å². The van der Waals surface area contributed by atoms with Gasteiger partial charge in [-0.15, -0.1) is 0 Å². The number of amides is 2. The highest BCUT2D eigenvalue weighted by Crippen LogP contribution is 2.32. The van der Waals surface area contributed by atoms with Crippen LogP contribution in [-0.4, -0.2) is 74.1 Å². The molecule has 2 aliphatic rings. The van der Waals surface area contributed by atoms with Gasteiger partial charge in [0.25, 0.3) is 0 Å². The lowest BCUT2D eigenvalue weighted by Gasteiger charge is -2.40. The number of piperidine rings is 1. The van der Waals surface area contributed by atoms with Crippen LogP contribution >= 0.6 is 11.6 Å². The Hall–Kier alpha value is -3.33. The molecule has 3 aromatic rings. The molecule has 0 radical (unpaired) electrons. The highest BCUT2D eigenvalue weighted by Gasteiger charge is 2.38. The Bertz CT molecular complexity index is 1170. The fourth-order valence-electron chi connectivity index (χ4n) is 4.37. The highest BCUT2D eigenvalue weighted by atomic mass is 35.5. The number of rotatable bonds is 4. The number of benzene rings is 1. The maximum absolute atomic E-state index is 12.6. The van der Waals surface area contributed by atoms with Gasteiger partial charge >= 0.3 is 6.09 Å². The molecule has 9 nitrogen and oxygen atoms in total. The average molecular weight is 455 g/mol. The topological polar surface area (TPSA) is 114 Å². The number of anilines is 1. The summed E-state index contributed by atoms with van der Waals surface area (Å²) in [6.07, 6.45) is 4.09. The van der Waals surface area contributed by atoms with Gasteiger partial charge in [0, 0.05) is 54.9 Å². The highest BCUT2D eigenvalue weighted by molar-refractivity contribution is 6.33. The van der Waals surface area contributed by atoms with Crippen molar-refractivity contribution in [1.29, 1.82) is 0 Å². The monoisotopic (exact) mass is 454 g/mol. The maximum atomic E-state index is 12.6. The molecule has 0 aliphatic carbocycles. The minimum Gasteiger partial charge on any atom is -0.465 e. The molecule has 2 aliphatic heterocycles. The number of nitrogens with zero attached hydrogens (tertiary/aromatic N) is 4. The van der Waals surface area contributed by atoms with E-state index < -0.39 is 6.09 Å². The lowest BCUT2D eigenvalue weighted by molar-refractivity contribution is -0.141. The number of hydrogen-bond donors (Lipinski definition) is 3. The second-order valence-electron chi connectivity index (χ2n) is 8.27. The van der Waals surface area contributed by atoms with Crippen molar-refractivity contribution in [3.05, 3.63) is 41.7 Å². The van der Waals surface area contributed by atoms with Gasteiger partial charge in [-0.2, -0.15) is 0 Å². The van der Waals surface area contributed by atoms with Crippen LogP contribution in [-0.2, 0) is 4.79 Å². The molecule has 10 heteroatoms. The number of aromatic amines is 1. The van der Waals surface area contributed by atoms with Crippen molar-refractivity contribution in [1.82, 2.24) is 24.8 Å². The van der Waals surface area contributed by atoms with E-state index in [-0.39, 0.29) is 17.9 Å². The van der Waals surface area contributed by atoms with E-state index in [1.165, 1.54) is 4.90 Å². The molecule has 0 atom stereocenters. The van der Waals surface area contributed by atoms with E-state index in [1.807, 2.05) is 35.4 Å². The number of nitrogens with one attached hydrogen (secondary N) is 2. The molecule has 0 saturated carbocycles. The minimum atomic E-state index is -0.966. The molecule has 0 spiro atoms. The van der Waals surface area contributed by atoms with Gasteiger partial charge in [0.1, 0.15) is 0 Å². The third-order valence-corrected chi connectivity index (χ3v) is 6.51. The molecule has 5 rings (SSSR count). The van der Waals surface area contributed by atoms with Gasteiger partial charge < -0.3 is 25.2 Å². The predicted molar refractivity (Wildman–Crippen MR) is 121 cm³/mol. The number of carbonyl (C=O) groups excluding carboxylic acids is 1. The second kappa shape index (κ2) is 8.31. The van der Waals surface area contributed by atoms with Crippen molar-refractivity contribution in [3.63, 3.8) is 0 Å². The van der Waals surface area contributed by atoms with Crippen LogP contribution in [0.2, 0.25) is 5.02 Å². The van der Waals surface area contributed by atoms with Crippen LogP contribution in [0.25, 0.3) is 22.2 Å². The number of para-hydroxylation sites is 1. The summed E-state index contributed by atoms with van der Waals surface area (Å²) in [6, 6.07) is 8.13. The van der Waals surface area contributed by atoms with E-state index in [0.29, 0.717) is 42.8 Å². The molecule has 0 bridgehead atoms. The number of likely N-dealkylation sites (tertiary alicyclic amines) is 2. The molecular weight excluding hydrogens is 432 g/mol. The molecule has 166 valence electrons. The first kappa shape index (κ1) is 20.6. The molecule has 2 amide bonds. The van der Waals surface area contributed by atoms with Crippen LogP contribution in [0, 0.1) is 5.92 Å². The first-order valence-electron chi connectivity index (χ1n) is 10.6. The number of carbonyl (C=O) groups is 2. The summed E-state index contributed by atoms with van der Waals surface area (Å²) in [5.41, 5.74) is 2.61. The maximum Gasteiger partial charge on any atom is 0.407 e. The fourth-order valence-corrected chi connectivity index (χ4v) is 4.56. The average Bonchev–Trinajstić information content (AvgIpc) is 3.18. The molecule has 32 heavy (non-hydrogen) atoms. The van der Waals surface area contributed by atoms with Crippen LogP contribution in [0.5, 0.6) is 0 Å². The van der Waals surface area contributed by atoms with Crippen molar-refractivity contribution in [2.45, 2.75) is 18.9 Å². The van der Waals surface area contributed by atoms with E-state index in [2.05, 4.69) is 20.3 Å².